The predicted octanol–water partition coefficient (Wildman–Crippen LogP) is 3.60. The summed E-state index contributed by atoms with van der Waals surface area (Å²) in [5.74, 6) is 1.01. The maximum absolute atomic E-state index is 5.40. The van der Waals surface area contributed by atoms with Crippen molar-refractivity contribution in [3.05, 3.63) is 27.3 Å². The summed E-state index contributed by atoms with van der Waals surface area (Å²) >= 11 is 2.30. The molecule has 0 radical (unpaired) electrons. The van der Waals surface area contributed by atoms with Gasteiger partial charge >= 0.3 is 0 Å². The molecule has 0 aliphatic carbocycles. The summed E-state index contributed by atoms with van der Waals surface area (Å²) in [6.07, 6.45) is 0. The van der Waals surface area contributed by atoms with Crippen LogP contribution in [0.4, 0.5) is 0 Å². The van der Waals surface area contributed by atoms with Crippen LogP contribution in [-0.2, 0) is 5.41 Å². The van der Waals surface area contributed by atoms with Gasteiger partial charge in [0.25, 0.3) is 0 Å². The average molecular weight is 290 g/mol. The summed E-state index contributed by atoms with van der Waals surface area (Å²) in [4.78, 5) is 0. The van der Waals surface area contributed by atoms with Crippen LogP contribution in [-0.4, -0.2) is 7.11 Å². The van der Waals surface area contributed by atoms with Crippen LogP contribution in [0.1, 0.15) is 26.3 Å². The highest BCUT2D eigenvalue weighted by molar-refractivity contribution is 14.1. The smallest absolute Gasteiger partial charge is 0.135 e. The van der Waals surface area contributed by atoms with E-state index in [0.717, 1.165) is 5.75 Å². The number of rotatable bonds is 1. The van der Waals surface area contributed by atoms with Crippen LogP contribution in [0, 0.1) is 3.57 Å². The summed E-state index contributed by atoms with van der Waals surface area (Å²) in [6, 6.07) is 6.26. The minimum Gasteiger partial charge on any atom is -0.495 e. The topological polar surface area (TPSA) is 9.23 Å². The highest BCUT2D eigenvalue weighted by atomic mass is 127. The Kier molecular flexibility index (Phi) is 3.22. The van der Waals surface area contributed by atoms with Crippen molar-refractivity contribution in [2.24, 2.45) is 0 Å². The number of benzene rings is 1. The predicted molar refractivity (Wildman–Crippen MR) is 64.4 cm³/mol. The second kappa shape index (κ2) is 3.86. The minimum absolute atomic E-state index is 0.145. The van der Waals surface area contributed by atoms with E-state index in [1.165, 1.54) is 9.13 Å². The van der Waals surface area contributed by atoms with Crippen molar-refractivity contribution < 1.29 is 4.74 Å². The first kappa shape index (κ1) is 10.8. The van der Waals surface area contributed by atoms with Gasteiger partial charge in [-0.3, -0.25) is 0 Å². The molecule has 0 N–H and O–H groups in total. The number of para-hydroxylation sites is 1. The lowest BCUT2D eigenvalue weighted by atomic mass is 9.86. The molecule has 0 aromatic heterocycles. The number of halogens is 1. The molecular formula is C11H15IO. The van der Waals surface area contributed by atoms with Gasteiger partial charge in [-0.05, 0) is 34.1 Å². The van der Waals surface area contributed by atoms with Crippen molar-refractivity contribution >= 4 is 22.6 Å². The molecule has 1 nitrogen and oxygen atoms in total. The highest BCUT2D eigenvalue weighted by Crippen LogP contribution is 2.34. The van der Waals surface area contributed by atoms with Gasteiger partial charge in [0.15, 0.2) is 0 Å². The molecule has 0 saturated carbocycles. The SMILES string of the molecule is COc1c(I)cccc1C(C)(C)C. The molecule has 1 aromatic carbocycles. The second-order valence-electron chi connectivity index (χ2n) is 4.07. The van der Waals surface area contributed by atoms with E-state index in [1.54, 1.807) is 7.11 Å². The minimum atomic E-state index is 0.145. The van der Waals surface area contributed by atoms with Gasteiger partial charge in [-0.1, -0.05) is 32.9 Å². The van der Waals surface area contributed by atoms with Gasteiger partial charge in [0.1, 0.15) is 5.75 Å². The van der Waals surface area contributed by atoms with Crippen molar-refractivity contribution in [1.29, 1.82) is 0 Å². The maximum atomic E-state index is 5.40. The highest BCUT2D eigenvalue weighted by Gasteiger charge is 2.19. The zero-order valence-corrected chi connectivity index (χ0v) is 10.7. The van der Waals surface area contributed by atoms with Crippen molar-refractivity contribution in [3.8, 4) is 5.75 Å². The third-order valence-corrected chi connectivity index (χ3v) is 2.83. The van der Waals surface area contributed by atoms with Gasteiger partial charge in [-0.2, -0.15) is 0 Å². The molecule has 0 bridgehead atoms. The van der Waals surface area contributed by atoms with Gasteiger partial charge in [0.2, 0.25) is 0 Å². The molecular weight excluding hydrogens is 275 g/mol. The summed E-state index contributed by atoms with van der Waals surface area (Å²) in [7, 11) is 1.73. The zero-order valence-electron chi connectivity index (χ0n) is 8.52. The van der Waals surface area contributed by atoms with Crippen molar-refractivity contribution in [2.75, 3.05) is 7.11 Å². The number of ether oxygens (including phenoxy) is 1. The fourth-order valence-electron chi connectivity index (χ4n) is 1.31. The third kappa shape index (κ3) is 2.36. The van der Waals surface area contributed by atoms with Crippen LogP contribution in [0.3, 0.4) is 0 Å². The summed E-state index contributed by atoms with van der Waals surface area (Å²) in [5.41, 5.74) is 1.41. The van der Waals surface area contributed by atoms with E-state index in [4.69, 9.17) is 4.74 Å². The monoisotopic (exact) mass is 290 g/mol. The van der Waals surface area contributed by atoms with Gasteiger partial charge in [-0.25, -0.2) is 0 Å². The van der Waals surface area contributed by atoms with E-state index >= 15 is 0 Å². The van der Waals surface area contributed by atoms with E-state index in [0.29, 0.717) is 0 Å². The molecule has 0 unspecified atom stereocenters. The van der Waals surface area contributed by atoms with Crippen LogP contribution in [0.15, 0.2) is 18.2 Å². The zero-order chi connectivity index (χ0) is 10.1. The van der Waals surface area contributed by atoms with Crippen LogP contribution in [0.25, 0.3) is 0 Å². The first-order chi connectivity index (χ1) is 5.96. The first-order valence-corrected chi connectivity index (χ1v) is 5.37. The first-order valence-electron chi connectivity index (χ1n) is 4.30. The number of hydrogen-bond acceptors (Lipinski definition) is 1. The number of methoxy groups -OCH3 is 1. The molecule has 0 heterocycles. The van der Waals surface area contributed by atoms with Crippen LogP contribution in [0.2, 0.25) is 0 Å². The number of hydrogen-bond donors (Lipinski definition) is 0. The van der Waals surface area contributed by atoms with Gasteiger partial charge in [0, 0.05) is 5.56 Å². The molecule has 0 spiro atoms. The van der Waals surface area contributed by atoms with E-state index in [-0.39, 0.29) is 5.41 Å². The normalized spacial score (nSPS) is 11.5. The Labute approximate surface area is 93.6 Å². The Morgan fingerprint density at radius 2 is 1.85 bits per heavy atom. The molecule has 0 amide bonds. The lowest BCUT2D eigenvalue weighted by molar-refractivity contribution is 0.394. The Bertz CT molecular complexity index is 299. The molecule has 0 fully saturated rings. The Hall–Kier alpha value is -0.250. The third-order valence-electron chi connectivity index (χ3n) is 1.98. The summed E-state index contributed by atoms with van der Waals surface area (Å²) in [6.45, 7) is 6.59. The van der Waals surface area contributed by atoms with Crippen molar-refractivity contribution in [1.82, 2.24) is 0 Å². The molecule has 2 heteroatoms. The van der Waals surface area contributed by atoms with Gasteiger partial charge in [0.05, 0.1) is 10.7 Å². The lowest BCUT2D eigenvalue weighted by Gasteiger charge is -2.22. The molecule has 0 saturated heterocycles. The van der Waals surface area contributed by atoms with Crippen LogP contribution >= 0.6 is 22.6 Å². The summed E-state index contributed by atoms with van der Waals surface area (Å²) < 4.78 is 6.57. The van der Waals surface area contributed by atoms with E-state index < -0.39 is 0 Å². The molecule has 0 atom stereocenters. The fraction of sp³-hybridized carbons (Fsp3) is 0.455. The molecule has 0 aliphatic heterocycles. The molecule has 72 valence electrons. The molecule has 0 aliphatic rings. The van der Waals surface area contributed by atoms with E-state index in [1.807, 2.05) is 0 Å². The van der Waals surface area contributed by atoms with Gasteiger partial charge in [-0.15, -0.1) is 0 Å². The Morgan fingerprint density at radius 3 is 2.23 bits per heavy atom. The van der Waals surface area contributed by atoms with Gasteiger partial charge < -0.3 is 4.74 Å². The molecule has 1 aromatic rings. The largest absolute Gasteiger partial charge is 0.495 e. The van der Waals surface area contributed by atoms with E-state index in [2.05, 4.69) is 61.6 Å². The van der Waals surface area contributed by atoms with E-state index in [9.17, 15) is 0 Å². The fourth-order valence-corrected chi connectivity index (χ4v) is 2.03. The summed E-state index contributed by atoms with van der Waals surface area (Å²) in [5, 5.41) is 0. The Morgan fingerprint density at radius 1 is 1.23 bits per heavy atom. The lowest BCUT2D eigenvalue weighted by Crippen LogP contribution is -2.13. The maximum Gasteiger partial charge on any atom is 0.135 e. The Balaban J connectivity index is 3.29. The second-order valence-corrected chi connectivity index (χ2v) is 5.23. The molecule has 13 heavy (non-hydrogen) atoms. The van der Waals surface area contributed by atoms with Crippen molar-refractivity contribution in [2.45, 2.75) is 26.2 Å². The van der Waals surface area contributed by atoms with Crippen LogP contribution < -0.4 is 4.74 Å². The molecule has 1 rings (SSSR count). The van der Waals surface area contributed by atoms with Crippen molar-refractivity contribution in [3.63, 3.8) is 0 Å². The van der Waals surface area contributed by atoms with Crippen LogP contribution in [0.5, 0.6) is 5.75 Å². The standard InChI is InChI=1S/C11H15IO/c1-11(2,3)8-6-5-7-9(12)10(8)13-4/h5-7H,1-4H3. The average Bonchev–Trinajstić information content (AvgIpc) is 2.02. The quantitative estimate of drug-likeness (QED) is 0.718.